The highest BCUT2D eigenvalue weighted by molar-refractivity contribution is 7.91. The first kappa shape index (κ1) is 20.9. The molecule has 1 aliphatic rings. The third-order valence-corrected chi connectivity index (χ3v) is 6.00. The number of amides is 1. The van der Waals surface area contributed by atoms with Gasteiger partial charge >= 0.3 is 5.76 Å². The van der Waals surface area contributed by atoms with Crippen LogP contribution in [0.2, 0.25) is 5.02 Å². The number of carbonyl (C=O) groups excluding carboxylic acids is 1. The zero-order valence-electron chi connectivity index (χ0n) is 14.6. The number of hydrogen-bond donors (Lipinski definition) is 1. The Hall–Kier alpha value is -2.79. The molecule has 0 spiro atoms. The fourth-order valence-corrected chi connectivity index (χ4v) is 3.89. The zero-order valence-corrected chi connectivity index (χ0v) is 16.2. The van der Waals surface area contributed by atoms with E-state index >= 15 is 0 Å². The van der Waals surface area contributed by atoms with Crippen LogP contribution in [-0.4, -0.2) is 37.6 Å². The Bertz CT molecular complexity index is 1080. The van der Waals surface area contributed by atoms with Crippen LogP contribution >= 0.6 is 11.6 Å². The fourth-order valence-electron chi connectivity index (χ4n) is 2.97. The van der Waals surface area contributed by atoms with E-state index in [0.29, 0.717) is 29.7 Å². The SMILES string of the molecule is O=C1C(Nc2ccc(S(=O)(=O)C(F)F)cc2[N+](=O)[O-])CCN1c1cccc(Cl)c1. The summed E-state index contributed by atoms with van der Waals surface area (Å²) in [7, 11) is -4.99. The number of benzene rings is 2. The lowest BCUT2D eigenvalue weighted by atomic mass is 10.2. The normalized spacial score (nSPS) is 17.0. The Morgan fingerprint density at radius 3 is 2.59 bits per heavy atom. The maximum atomic E-state index is 12.7. The number of rotatable bonds is 6. The molecular weight excluding hydrogens is 432 g/mol. The first-order valence-corrected chi connectivity index (χ1v) is 10.2. The molecule has 3 rings (SSSR count). The number of alkyl halides is 2. The number of nitrogens with zero attached hydrogens (tertiary/aromatic N) is 2. The number of hydrogen-bond acceptors (Lipinski definition) is 6. The molecule has 0 aliphatic carbocycles. The molecule has 1 saturated heterocycles. The van der Waals surface area contributed by atoms with E-state index in [1.807, 2.05) is 0 Å². The van der Waals surface area contributed by atoms with Crippen molar-refractivity contribution < 1.29 is 26.9 Å². The smallest absolute Gasteiger partial charge is 0.341 e. The molecule has 0 aromatic heterocycles. The summed E-state index contributed by atoms with van der Waals surface area (Å²) in [5.74, 6) is -4.06. The van der Waals surface area contributed by atoms with Crippen molar-refractivity contribution in [1.82, 2.24) is 0 Å². The first-order valence-electron chi connectivity index (χ1n) is 8.25. The van der Waals surface area contributed by atoms with E-state index in [-0.39, 0.29) is 11.6 Å². The summed E-state index contributed by atoms with van der Waals surface area (Å²) in [5.41, 5.74) is -0.296. The van der Waals surface area contributed by atoms with Gasteiger partial charge < -0.3 is 10.2 Å². The van der Waals surface area contributed by atoms with Crippen LogP contribution in [0.3, 0.4) is 0 Å². The number of halogens is 3. The fraction of sp³-hybridized carbons (Fsp3) is 0.235. The van der Waals surface area contributed by atoms with Gasteiger partial charge in [-0.25, -0.2) is 8.42 Å². The van der Waals surface area contributed by atoms with Crippen LogP contribution in [0.1, 0.15) is 6.42 Å². The van der Waals surface area contributed by atoms with Gasteiger partial charge in [0.2, 0.25) is 15.7 Å². The van der Waals surface area contributed by atoms with Crippen LogP contribution < -0.4 is 10.2 Å². The third-order valence-electron chi connectivity index (χ3n) is 4.38. The maximum absolute atomic E-state index is 12.7. The van der Waals surface area contributed by atoms with E-state index in [4.69, 9.17) is 11.6 Å². The van der Waals surface area contributed by atoms with Gasteiger partial charge in [0.05, 0.1) is 9.82 Å². The summed E-state index contributed by atoms with van der Waals surface area (Å²) in [4.78, 5) is 23.7. The van der Waals surface area contributed by atoms with Crippen LogP contribution in [0.5, 0.6) is 0 Å². The molecule has 2 aromatic rings. The first-order chi connectivity index (χ1) is 13.6. The molecule has 8 nitrogen and oxygen atoms in total. The Balaban J connectivity index is 1.87. The summed E-state index contributed by atoms with van der Waals surface area (Å²) < 4.78 is 48.6. The molecule has 1 amide bonds. The van der Waals surface area contributed by atoms with E-state index < -0.39 is 37.1 Å². The van der Waals surface area contributed by atoms with E-state index in [1.54, 1.807) is 24.3 Å². The summed E-state index contributed by atoms with van der Waals surface area (Å²) in [6.07, 6.45) is 0.319. The summed E-state index contributed by atoms with van der Waals surface area (Å²) in [6, 6.07) is 8.21. The van der Waals surface area contributed by atoms with Gasteiger partial charge in [-0.2, -0.15) is 8.78 Å². The van der Waals surface area contributed by atoms with Crippen molar-refractivity contribution in [2.24, 2.45) is 0 Å². The van der Waals surface area contributed by atoms with E-state index in [9.17, 15) is 32.1 Å². The van der Waals surface area contributed by atoms with E-state index in [1.165, 1.54) is 4.90 Å². The minimum absolute atomic E-state index is 0.144. The Morgan fingerprint density at radius 1 is 1.24 bits per heavy atom. The van der Waals surface area contributed by atoms with Crippen LogP contribution in [0, 0.1) is 10.1 Å². The van der Waals surface area contributed by atoms with Crippen molar-refractivity contribution in [3.63, 3.8) is 0 Å². The molecule has 1 unspecified atom stereocenters. The second kappa shape index (κ2) is 7.91. The lowest BCUT2D eigenvalue weighted by molar-refractivity contribution is -0.384. The van der Waals surface area contributed by atoms with Crippen molar-refractivity contribution in [2.75, 3.05) is 16.8 Å². The molecule has 0 radical (unpaired) electrons. The number of sulfone groups is 1. The lowest BCUT2D eigenvalue weighted by Crippen LogP contribution is -2.33. The third kappa shape index (κ3) is 4.15. The average Bonchev–Trinajstić information content (AvgIpc) is 3.02. The average molecular weight is 446 g/mol. The van der Waals surface area contributed by atoms with Crippen molar-refractivity contribution in [1.29, 1.82) is 0 Å². The molecule has 1 aliphatic heterocycles. The molecule has 0 bridgehead atoms. The van der Waals surface area contributed by atoms with Crippen molar-refractivity contribution in [3.05, 3.63) is 57.6 Å². The minimum Gasteiger partial charge on any atom is -0.368 e. The quantitative estimate of drug-likeness (QED) is 0.538. The number of nitro benzene ring substituents is 1. The molecule has 1 heterocycles. The Morgan fingerprint density at radius 2 is 1.97 bits per heavy atom. The summed E-state index contributed by atoms with van der Waals surface area (Å²) >= 11 is 5.94. The number of nitro groups is 1. The predicted octanol–water partition coefficient (Wildman–Crippen LogP) is 3.46. The molecule has 154 valence electrons. The summed E-state index contributed by atoms with van der Waals surface area (Å²) in [6.45, 7) is 0.336. The van der Waals surface area contributed by atoms with Crippen LogP contribution in [0.15, 0.2) is 47.4 Å². The van der Waals surface area contributed by atoms with Gasteiger partial charge in [-0.1, -0.05) is 17.7 Å². The zero-order chi connectivity index (χ0) is 21.3. The molecule has 1 fully saturated rings. The second-order valence-electron chi connectivity index (χ2n) is 6.20. The highest BCUT2D eigenvalue weighted by Gasteiger charge is 2.35. The summed E-state index contributed by atoms with van der Waals surface area (Å²) in [5, 5.41) is 14.5. The molecule has 1 atom stereocenters. The van der Waals surface area contributed by atoms with Crippen LogP contribution in [0.25, 0.3) is 0 Å². The predicted molar refractivity (Wildman–Crippen MR) is 102 cm³/mol. The topological polar surface area (TPSA) is 110 Å². The molecule has 12 heteroatoms. The Kier molecular flexibility index (Phi) is 5.71. The minimum atomic E-state index is -4.99. The van der Waals surface area contributed by atoms with Gasteiger partial charge in [-0.05, 0) is 36.8 Å². The molecular formula is C17H14ClF2N3O5S. The maximum Gasteiger partial charge on any atom is 0.341 e. The van der Waals surface area contributed by atoms with E-state index in [0.717, 1.165) is 12.1 Å². The standard InChI is InChI=1S/C17H14ClF2N3O5S/c18-10-2-1-3-11(8-10)22-7-6-14(16(22)24)21-13-5-4-12(9-15(13)23(25)26)29(27,28)17(19)20/h1-5,8-9,14,17,21H,6-7H2. The molecule has 1 N–H and O–H groups in total. The van der Waals surface area contributed by atoms with Crippen molar-refractivity contribution in [2.45, 2.75) is 23.1 Å². The second-order valence-corrected chi connectivity index (χ2v) is 8.55. The van der Waals surface area contributed by atoms with Gasteiger partial charge in [-0.3, -0.25) is 14.9 Å². The van der Waals surface area contributed by atoms with Crippen molar-refractivity contribution >= 4 is 44.4 Å². The highest BCUT2D eigenvalue weighted by atomic mass is 35.5. The largest absolute Gasteiger partial charge is 0.368 e. The number of nitrogens with one attached hydrogen (secondary N) is 1. The van der Waals surface area contributed by atoms with E-state index in [2.05, 4.69) is 5.32 Å². The van der Waals surface area contributed by atoms with Crippen molar-refractivity contribution in [3.8, 4) is 0 Å². The molecule has 2 aromatic carbocycles. The van der Waals surface area contributed by atoms with Gasteiger partial charge in [0.1, 0.15) is 11.7 Å². The van der Waals surface area contributed by atoms with Crippen LogP contribution in [0.4, 0.5) is 25.8 Å². The molecule has 29 heavy (non-hydrogen) atoms. The van der Waals surface area contributed by atoms with Gasteiger partial charge in [-0.15, -0.1) is 0 Å². The lowest BCUT2D eigenvalue weighted by Gasteiger charge is -2.18. The monoisotopic (exact) mass is 445 g/mol. The van der Waals surface area contributed by atoms with Crippen LogP contribution in [-0.2, 0) is 14.6 Å². The highest BCUT2D eigenvalue weighted by Crippen LogP contribution is 2.32. The van der Waals surface area contributed by atoms with Gasteiger partial charge in [0.15, 0.2) is 0 Å². The Labute approximate surface area is 169 Å². The molecule has 0 saturated carbocycles. The van der Waals surface area contributed by atoms with Gasteiger partial charge in [0.25, 0.3) is 5.69 Å². The van der Waals surface area contributed by atoms with Gasteiger partial charge in [0, 0.05) is 23.3 Å². The number of anilines is 2. The number of carbonyl (C=O) groups is 1.